The number of rotatable bonds is 8. The maximum atomic E-state index is 12.8. The topological polar surface area (TPSA) is 70.4 Å². The van der Waals surface area contributed by atoms with E-state index in [9.17, 15) is 4.79 Å². The Morgan fingerprint density at radius 3 is 2.58 bits per heavy atom. The summed E-state index contributed by atoms with van der Waals surface area (Å²) in [6.45, 7) is 9.96. The molecule has 0 aliphatic heterocycles. The van der Waals surface area contributed by atoms with Gasteiger partial charge < -0.3 is 15.3 Å². The molecule has 0 unspecified atom stereocenters. The van der Waals surface area contributed by atoms with Gasteiger partial charge in [-0.2, -0.15) is 5.10 Å². The number of aliphatic hydroxyl groups is 1. The molecule has 1 atom stereocenters. The van der Waals surface area contributed by atoms with Gasteiger partial charge in [0, 0.05) is 37.5 Å². The lowest BCUT2D eigenvalue weighted by Gasteiger charge is -2.25. The number of hydrogen-bond donors (Lipinski definition) is 2. The van der Waals surface area contributed by atoms with Crippen molar-refractivity contribution in [1.29, 1.82) is 0 Å². The lowest BCUT2D eigenvalue weighted by Crippen LogP contribution is -2.41. The first kappa shape index (κ1) is 20.0. The molecule has 1 aromatic carbocycles. The van der Waals surface area contributed by atoms with Gasteiger partial charge in [0.2, 0.25) is 0 Å². The summed E-state index contributed by atoms with van der Waals surface area (Å²) in [4.78, 5) is 14.6. The molecule has 0 aliphatic carbocycles. The lowest BCUT2D eigenvalue weighted by molar-refractivity contribution is 0.183. The Morgan fingerprint density at radius 2 is 2.00 bits per heavy atom. The molecule has 142 valence electrons. The number of carbonyl (C=O) groups is 1. The molecule has 6 nitrogen and oxygen atoms in total. The average Bonchev–Trinajstić information content (AvgIpc) is 2.92. The fraction of sp³-hybridized carbons (Fsp3) is 0.500. The number of aryl methyl sites for hydroxylation is 2. The molecule has 1 heterocycles. The molecule has 2 amide bonds. The first-order valence-electron chi connectivity index (χ1n) is 9.22. The summed E-state index contributed by atoms with van der Waals surface area (Å²) in [5, 5.41) is 16.8. The van der Waals surface area contributed by atoms with Gasteiger partial charge in [0.15, 0.2) is 0 Å². The first-order chi connectivity index (χ1) is 12.5. The van der Waals surface area contributed by atoms with Crippen LogP contribution >= 0.6 is 0 Å². The van der Waals surface area contributed by atoms with Gasteiger partial charge >= 0.3 is 6.03 Å². The normalized spacial score (nSPS) is 12.0. The highest BCUT2D eigenvalue weighted by atomic mass is 16.3. The van der Waals surface area contributed by atoms with E-state index in [0.717, 1.165) is 29.1 Å². The van der Waals surface area contributed by atoms with Crippen molar-refractivity contribution in [2.24, 2.45) is 0 Å². The van der Waals surface area contributed by atoms with Gasteiger partial charge in [-0.1, -0.05) is 30.3 Å². The summed E-state index contributed by atoms with van der Waals surface area (Å²) >= 11 is 0. The van der Waals surface area contributed by atoms with Crippen molar-refractivity contribution in [3.8, 4) is 0 Å². The molecule has 26 heavy (non-hydrogen) atoms. The minimum Gasteiger partial charge on any atom is -0.396 e. The zero-order valence-electron chi connectivity index (χ0n) is 16.2. The molecule has 2 rings (SSSR count). The van der Waals surface area contributed by atoms with E-state index in [-0.39, 0.29) is 18.7 Å². The number of urea groups is 1. The Bertz CT molecular complexity index is 712. The van der Waals surface area contributed by atoms with Gasteiger partial charge in [-0.05, 0) is 39.7 Å². The maximum absolute atomic E-state index is 12.8. The van der Waals surface area contributed by atoms with Crippen molar-refractivity contribution in [1.82, 2.24) is 20.0 Å². The molecular formula is C20H30N4O2. The van der Waals surface area contributed by atoms with Crippen molar-refractivity contribution in [3.05, 3.63) is 52.8 Å². The fourth-order valence-corrected chi connectivity index (χ4v) is 3.31. The van der Waals surface area contributed by atoms with E-state index in [4.69, 9.17) is 5.11 Å². The first-order valence-corrected chi connectivity index (χ1v) is 9.22. The predicted molar refractivity (Wildman–Crippen MR) is 103 cm³/mol. The summed E-state index contributed by atoms with van der Waals surface area (Å²) in [6.07, 6.45) is 0.556. The van der Waals surface area contributed by atoms with Crippen LogP contribution in [0, 0.1) is 13.8 Å². The number of nitrogens with zero attached hydrogens (tertiary/aromatic N) is 3. The quantitative estimate of drug-likeness (QED) is 0.761. The highest BCUT2D eigenvalue weighted by Gasteiger charge is 2.21. The molecule has 2 N–H and O–H groups in total. The standard InChI is InChI=1S/C20H30N4O2/c1-5-24-17(4)19(16(3)22-24)15(2)21-20(26)23(12-9-13-25)14-18-10-7-6-8-11-18/h6-8,10-11,15,25H,5,9,12-14H2,1-4H3,(H,21,26)/t15-/m0/s1. The van der Waals surface area contributed by atoms with Crippen molar-refractivity contribution in [2.45, 2.75) is 53.2 Å². The van der Waals surface area contributed by atoms with E-state index in [1.54, 1.807) is 4.90 Å². The van der Waals surface area contributed by atoms with Crippen molar-refractivity contribution >= 4 is 6.03 Å². The van der Waals surface area contributed by atoms with Crippen molar-refractivity contribution in [2.75, 3.05) is 13.2 Å². The van der Waals surface area contributed by atoms with Gasteiger partial charge in [0.1, 0.15) is 0 Å². The summed E-state index contributed by atoms with van der Waals surface area (Å²) in [6, 6.07) is 9.64. The largest absolute Gasteiger partial charge is 0.396 e. The minimum atomic E-state index is -0.129. The van der Waals surface area contributed by atoms with Crippen LogP contribution in [0.15, 0.2) is 30.3 Å². The molecule has 2 aromatic rings. The van der Waals surface area contributed by atoms with E-state index in [1.165, 1.54) is 0 Å². The number of benzene rings is 1. The van der Waals surface area contributed by atoms with Gasteiger partial charge in [-0.3, -0.25) is 4.68 Å². The molecule has 1 aromatic heterocycles. The molecule has 0 saturated heterocycles. The third-order valence-corrected chi connectivity index (χ3v) is 4.60. The summed E-state index contributed by atoms with van der Waals surface area (Å²) < 4.78 is 1.96. The Kier molecular flexibility index (Phi) is 7.21. The van der Waals surface area contributed by atoms with E-state index in [1.807, 2.05) is 55.8 Å². The van der Waals surface area contributed by atoms with Gasteiger partial charge in [-0.25, -0.2) is 4.79 Å². The van der Waals surface area contributed by atoms with Gasteiger partial charge in [0.25, 0.3) is 0 Å². The number of carbonyl (C=O) groups excluding carboxylic acids is 1. The van der Waals surface area contributed by atoms with E-state index in [0.29, 0.717) is 19.5 Å². The number of aromatic nitrogens is 2. The Labute approximate surface area is 155 Å². The molecule has 0 saturated carbocycles. The SMILES string of the molecule is CCn1nc(C)c([C@H](C)NC(=O)N(CCCO)Cc2ccccc2)c1C. The van der Waals surface area contributed by atoms with Crippen LogP contribution < -0.4 is 5.32 Å². The van der Waals surface area contributed by atoms with Crippen molar-refractivity contribution < 1.29 is 9.90 Å². The molecule has 0 aliphatic rings. The predicted octanol–water partition coefficient (Wildman–Crippen LogP) is 3.18. The van der Waals surface area contributed by atoms with Crippen LogP contribution in [0.3, 0.4) is 0 Å². The fourth-order valence-electron chi connectivity index (χ4n) is 3.31. The zero-order chi connectivity index (χ0) is 19.1. The number of aliphatic hydroxyl groups excluding tert-OH is 1. The van der Waals surface area contributed by atoms with Gasteiger partial charge in [0.05, 0.1) is 11.7 Å². The lowest BCUT2D eigenvalue weighted by atomic mass is 10.1. The number of amides is 2. The van der Waals surface area contributed by atoms with Crippen LogP contribution in [-0.4, -0.2) is 39.0 Å². The highest BCUT2D eigenvalue weighted by molar-refractivity contribution is 5.74. The second kappa shape index (κ2) is 9.38. The van der Waals surface area contributed by atoms with Crippen LogP contribution in [0.4, 0.5) is 4.79 Å². The number of hydrogen-bond acceptors (Lipinski definition) is 3. The second-order valence-corrected chi connectivity index (χ2v) is 6.56. The van der Waals surface area contributed by atoms with Crippen LogP contribution in [0.2, 0.25) is 0 Å². The van der Waals surface area contributed by atoms with E-state index in [2.05, 4.69) is 17.3 Å². The van der Waals surface area contributed by atoms with Gasteiger partial charge in [-0.15, -0.1) is 0 Å². The highest BCUT2D eigenvalue weighted by Crippen LogP contribution is 2.21. The molecule has 0 radical (unpaired) electrons. The molecule has 0 spiro atoms. The summed E-state index contributed by atoms with van der Waals surface area (Å²) in [7, 11) is 0. The van der Waals surface area contributed by atoms with E-state index >= 15 is 0 Å². The smallest absolute Gasteiger partial charge is 0.318 e. The molecule has 6 heteroatoms. The average molecular weight is 358 g/mol. The van der Waals surface area contributed by atoms with Crippen LogP contribution in [-0.2, 0) is 13.1 Å². The zero-order valence-corrected chi connectivity index (χ0v) is 16.2. The van der Waals surface area contributed by atoms with E-state index < -0.39 is 0 Å². The summed E-state index contributed by atoms with van der Waals surface area (Å²) in [5.74, 6) is 0. The van der Waals surface area contributed by atoms with Crippen LogP contribution in [0.1, 0.15) is 48.8 Å². The third kappa shape index (κ3) is 4.85. The Hall–Kier alpha value is -2.34. The molecular weight excluding hydrogens is 328 g/mol. The Morgan fingerprint density at radius 1 is 1.31 bits per heavy atom. The third-order valence-electron chi connectivity index (χ3n) is 4.60. The van der Waals surface area contributed by atoms with Crippen LogP contribution in [0.5, 0.6) is 0 Å². The monoisotopic (exact) mass is 358 g/mol. The second-order valence-electron chi connectivity index (χ2n) is 6.56. The minimum absolute atomic E-state index is 0.0651. The van der Waals surface area contributed by atoms with Crippen LogP contribution in [0.25, 0.3) is 0 Å². The Balaban J connectivity index is 2.11. The van der Waals surface area contributed by atoms with Crippen molar-refractivity contribution in [3.63, 3.8) is 0 Å². The maximum Gasteiger partial charge on any atom is 0.318 e. The summed E-state index contributed by atoms with van der Waals surface area (Å²) in [5.41, 5.74) is 4.17. The molecule has 0 fully saturated rings. The molecule has 0 bridgehead atoms. The number of nitrogens with one attached hydrogen (secondary N) is 1.